The molecule has 1 fully saturated rings. The Kier molecular flexibility index (Phi) is 10.4. The first-order valence-corrected chi connectivity index (χ1v) is 11.8. The van der Waals surface area contributed by atoms with Crippen molar-refractivity contribution in [3.63, 3.8) is 0 Å². The molecule has 0 atom stereocenters. The Bertz CT molecular complexity index is 792. The molecule has 1 aromatic rings. The number of esters is 3. The van der Waals surface area contributed by atoms with E-state index in [-0.39, 0.29) is 13.2 Å². The van der Waals surface area contributed by atoms with Gasteiger partial charge in [-0.1, -0.05) is 26.2 Å². The van der Waals surface area contributed by atoms with Gasteiger partial charge in [-0.25, -0.2) is 4.79 Å². The predicted molar refractivity (Wildman–Crippen MR) is 124 cm³/mol. The molecule has 0 bridgehead atoms. The number of hydrogen-bond acceptors (Lipinski definition) is 8. The van der Waals surface area contributed by atoms with Crippen LogP contribution in [0.25, 0.3) is 0 Å². The van der Waals surface area contributed by atoms with Crippen LogP contribution in [-0.2, 0) is 30.3 Å². The highest BCUT2D eigenvalue weighted by atomic mass is 79.9. The van der Waals surface area contributed by atoms with Gasteiger partial charge in [-0.05, 0) is 53.0 Å². The molecular weight excluding hydrogens is 480 g/mol. The largest absolute Gasteiger partial charge is 0.462 e. The van der Waals surface area contributed by atoms with Crippen molar-refractivity contribution >= 4 is 39.5 Å². The first-order valence-electron chi connectivity index (χ1n) is 11.0. The molecule has 0 aliphatic heterocycles. The Morgan fingerprint density at radius 2 is 1.69 bits per heavy atom. The third kappa shape index (κ3) is 8.09. The van der Waals surface area contributed by atoms with Gasteiger partial charge in [0.1, 0.15) is 13.2 Å². The molecule has 178 valence electrons. The molecule has 0 saturated heterocycles. The molecule has 1 aliphatic carbocycles. The maximum absolute atomic E-state index is 12.8. The standard InChI is InChI=1S/C23H33BrN2O6/c1-4-26(19-8-6-5-7-9-19)12-18-10-17(11-21(24)22(18)25)23(29)32-20(13-30-15(2)27)14-31-16(3)28/h10-11,19-20H,4-9,12-14,25H2,1-3H3. The summed E-state index contributed by atoms with van der Waals surface area (Å²) < 4.78 is 15.9. The molecule has 0 amide bonds. The third-order valence-corrected chi connectivity index (χ3v) is 6.20. The molecule has 0 unspecified atom stereocenters. The number of carbonyl (C=O) groups excluding carboxylic acids is 3. The number of nitrogens with two attached hydrogens (primary N) is 1. The number of nitrogen functional groups attached to an aromatic ring is 1. The van der Waals surface area contributed by atoms with E-state index in [1.54, 1.807) is 12.1 Å². The highest BCUT2D eigenvalue weighted by Gasteiger charge is 2.24. The van der Waals surface area contributed by atoms with E-state index in [2.05, 4.69) is 27.8 Å². The predicted octanol–water partition coefficient (Wildman–Crippen LogP) is 3.84. The lowest BCUT2D eigenvalue weighted by Gasteiger charge is -2.34. The number of carbonyl (C=O) groups is 3. The average molecular weight is 513 g/mol. The summed E-state index contributed by atoms with van der Waals surface area (Å²) in [7, 11) is 0. The molecule has 8 nitrogen and oxygen atoms in total. The van der Waals surface area contributed by atoms with E-state index in [9.17, 15) is 14.4 Å². The van der Waals surface area contributed by atoms with Crippen LogP contribution in [0.3, 0.4) is 0 Å². The zero-order valence-electron chi connectivity index (χ0n) is 19.0. The van der Waals surface area contributed by atoms with Crippen molar-refractivity contribution in [2.75, 3.05) is 25.5 Å². The van der Waals surface area contributed by atoms with E-state index >= 15 is 0 Å². The molecule has 1 aromatic carbocycles. The van der Waals surface area contributed by atoms with Crippen LogP contribution >= 0.6 is 15.9 Å². The first-order chi connectivity index (χ1) is 15.2. The van der Waals surface area contributed by atoms with E-state index in [0.29, 0.717) is 28.3 Å². The minimum absolute atomic E-state index is 0.206. The Morgan fingerprint density at radius 3 is 2.22 bits per heavy atom. The van der Waals surface area contributed by atoms with Crippen LogP contribution in [0.15, 0.2) is 16.6 Å². The van der Waals surface area contributed by atoms with Crippen molar-refractivity contribution in [2.45, 2.75) is 71.6 Å². The lowest BCUT2D eigenvalue weighted by molar-refractivity contribution is -0.150. The Hall–Kier alpha value is -2.13. The minimum atomic E-state index is -0.913. The Labute approximate surface area is 197 Å². The van der Waals surface area contributed by atoms with E-state index in [0.717, 1.165) is 12.1 Å². The van der Waals surface area contributed by atoms with Crippen LogP contribution in [0, 0.1) is 0 Å². The fraction of sp³-hybridized carbons (Fsp3) is 0.609. The highest BCUT2D eigenvalue weighted by Crippen LogP contribution is 2.30. The summed E-state index contributed by atoms with van der Waals surface area (Å²) in [4.78, 5) is 37.5. The second-order valence-electron chi connectivity index (χ2n) is 8.02. The average Bonchev–Trinajstić information content (AvgIpc) is 2.76. The topological polar surface area (TPSA) is 108 Å². The van der Waals surface area contributed by atoms with Crippen molar-refractivity contribution in [2.24, 2.45) is 0 Å². The van der Waals surface area contributed by atoms with Crippen LogP contribution in [0.5, 0.6) is 0 Å². The van der Waals surface area contributed by atoms with Crippen molar-refractivity contribution in [1.82, 2.24) is 4.90 Å². The van der Waals surface area contributed by atoms with E-state index in [4.69, 9.17) is 19.9 Å². The van der Waals surface area contributed by atoms with Gasteiger partial charge < -0.3 is 19.9 Å². The van der Waals surface area contributed by atoms with Crippen molar-refractivity contribution < 1.29 is 28.6 Å². The molecule has 0 radical (unpaired) electrons. The molecule has 1 aliphatic rings. The number of benzene rings is 1. The minimum Gasteiger partial charge on any atom is -0.462 e. The SMILES string of the molecule is CCN(Cc1cc(C(=O)OC(COC(C)=O)COC(C)=O)cc(Br)c1N)C1CCCCC1. The number of hydrogen-bond donors (Lipinski definition) is 1. The Balaban J connectivity index is 2.16. The number of anilines is 1. The lowest BCUT2D eigenvalue weighted by atomic mass is 9.93. The smallest absolute Gasteiger partial charge is 0.338 e. The molecule has 2 rings (SSSR count). The summed E-state index contributed by atoms with van der Waals surface area (Å²) in [6, 6.07) is 3.86. The third-order valence-electron chi connectivity index (χ3n) is 5.54. The van der Waals surface area contributed by atoms with Gasteiger partial charge in [0.05, 0.1) is 11.3 Å². The van der Waals surface area contributed by atoms with Gasteiger partial charge in [0.2, 0.25) is 0 Å². The molecule has 2 N–H and O–H groups in total. The molecule has 32 heavy (non-hydrogen) atoms. The number of rotatable bonds is 10. The van der Waals surface area contributed by atoms with Gasteiger partial charge >= 0.3 is 17.9 Å². The normalized spacial score (nSPS) is 14.4. The van der Waals surface area contributed by atoms with E-state index in [1.807, 2.05) is 0 Å². The van der Waals surface area contributed by atoms with Gasteiger partial charge in [-0.15, -0.1) is 0 Å². The molecule has 0 heterocycles. The molecule has 9 heteroatoms. The summed E-state index contributed by atoms with van der Waals surface area (Å²) in [6.07, 6.45) is 5.18. The monoisotopic (exact) mass is 512 g/mol. The second kappa shape index (κ2) is 12.8. The Morgan fingerprint density at radius 1 is 1.09 bits per heavy atom. The molecular formula is C23H33BrN2O6. The van der Waals surface area contributed by atoms with Crippen LogP contribution in [0.1, 0.15) is 68.8 Å². The summed E-state index contributed by atoms with van der Waals surface area (Å²) >= 11 is 3.45. The number of nitrogens with zero attached hydrogens (tertiary/aromatic N) is 1. The fourth-order valence-electron chi connectivity index (χ4n) is 3.84. The summed E-state index contributed by atoms with van der Waals surface area (Å²) in [5.74, 6) is -1.65. The fourth-order valence-corrected chi connectivity index (χ4v) is 4.34. The number of halogens is 1. The van der Waals surface area contributed by atoms with Gasteiger partial charge in [0, 0.05) is 30.9 Å². The highest BCUT2D eigenvalue weighted by molar-refractivity contribution is 9.10. The van der Waals surface area contributed by atoms with Gasteiger partial charge in [-0.2, -0.15) is 0 Å². The zero-order valence-corrected chi connectivity index (χ0v) is 20.6. The quantitative estimate of drug-likeness (QED) is 0.286. The molecule has 1 saturated carbocycles. The van der Waals surface area contributed by atoms with Gasteiger partial charge in [0.15, 0.2) is 6.10 Å². The van der Waals surface area contributed by atoms with Crippen LogP contribution in [0.4, 0.5) is 5.69 Å². The second-order valence-corrected chi connectivity index (χ2v) is 8.87. The zero-order chi connectivity index (χ0) is 23.7. The van der Waals surface area contributed by atoms with Crippen LogP contribution in [-0.4, -0.2) is 54.7 Å². The van der Waals surface area contributed by atoms with E-state index < -0.39 is 24.0 Å². The summed E-state index contributed by atoms with van der Waals surface area (Å²) in [5.41, 5.74) is 8.06. The van der Waals surface area contributed by atoms with Crippen molar-refractivity contribution in [3.8, 4) is 0 Å². The van der Waals surface area contributed by atoms with E-state index in [1.165, 1.54) is 46.0 Å². The first kappa shape index (κ1) is 26.1. The maximum atomic E-state index is 12.8. The molecule has 0 aromatic heterocycles. The summed E-state index contributed by atoms with van der Waals surface area (Å²) in [6.45, 7) is 5.75. The van der Waals surface area contributed by atoms with Crippen molar-refractivity contribution in [3.05, 3.63) is 27.7 Å². The maximum Gasteiger partial charge on any atom is 0.338 e. The van der Waals surface area contributed by atoms with Gasteiger partial charge in [0.25, 0.3) is 0 Å². The molecule has 0 spiro atoms. The van der Waals surface area contributed by atoms with Crippen LogP contribution in [0.2, 0.25) is 0 Å². The van der Waals surface area contributed by atoms with Gasteiger partial charge in [-0.3, -0.25) is 14.5 Å². The summed E-state index contributed by atoms with van der Waals surface area (Å²) in [5, 5.41) is 0. The van der Waals surface area contributed by atoms with Crippen molar-refractivity contribution in [1.29, 1.82) is 0 Å². The lowest BCUT2D eigenvalue weighted by Crippen LogP contribution is -2.36. The number of ether oxygens (including phenoxy) is 3. The van der Waals surface area contributed by atoms with Crippen LogP contribution < -0.4 is 5.73 Å².